The van der Waals surface area contributed by atoms with Gasteiger partial charge in [-0.3, -0.25) is 4.79 Å². The summed E-state index contributed by atoms with van der Waals surface area (Å²) in [4.78, 5) is 12.3. The molecule has 0 unspecified atom stereocenters. The molecule has 5 nitrogen and oxygen atoms in total. The lowest BCUT2D eigenvalue weighted by Crippen LogP contribution is -2.27. The Kier molecular flexibility index (Phi) is 5.54. The maximum Gasteiger partial charge on any atom is 0.248 e. The van der Waals surface area contributed by atoms with Crippen molar-refractivity contribution < 1.29 is 13.2 Å². The average molecular weight is 370 g/mol. The van der Waals surface area contributed by atoms with Crippen molar-refractivity contribution in [2.75, 3.05) is 18.4 Å². The van der Waals surface area contributed by atoms with E-state index in [-0.39, 0.29) is 10.8 Å². The topological polar surface area (TPSA) is 66.5 Å². The van der Waals surface area contributed by atoms with Crippen molar-refractivity contribution >= 4 is 27.7 Å². The molecule has 136 valence electrons. The molecule has 3 rings (SSSR count). The lowest BCUT2D eigenvalue weighted by molar-refractivity contribution is -0.111. The summed E-state index contributed by atoms with van der Waals surface area (Å²) >= 11 is 0. The monoisotopic (exact) mass is 370 g/mol. The van der Waals surface area contributed by atoms with E-state index in [2.05, 4.69) is 5.32 Å². The molecule has 1 saturated heterocycles. The minimum absolute atomic E-state index is 0.208. The summed E-state index contributed by atoms with van der Waals surface area (Å²) in [5.41, 5.74) is 2.52. The quantitative estimate of drug-likeness (QED) is 0.820. The van der Waals surface area contributed by atoms with E-state index in [1.807, 2.05) is 31.2 Å². The standard InChI is InChI=1S/C20H22N2O3S/c1-16-6-4-7-17(14-16)10-11-20(23)21-18-8-5-9-19(15-18)26(24,25)22-12-2-3-13-22/h4-11,14-15H,2-3,12-13H2,1H3,(H,21,23)/b11-10+. The maximum absolute atomic E-state index is 12.6. The summed E-state index contributed by atoms with van der Waals surface area (Å²) < 4.78 is 26.7. The van der Waals surface area contributed by atoms with E-state index in [1.165, 1.54) is 16.4 Å². The van der Waals surface area contributed by atoms with E-state index < -0.39 is 10.0 Å². The van der Waals surface area contributed by atoms with Crippen LogP contribution in [0.4, 0.5) is 5.69 Å². The van der Waals surface area contributed by atoms with Crippen molar-refractivity contribution in [1.82, 2.24) is 4.31 Å². The van der Waals surface area contributed by atoms with E-state index >= 15 is 0 Å². The lowest BCUT2D eigenvalue weighted by Gasteiger charge is -2.16. The molecule has 2 aromatic carbocycles. The first-order valence-corrected chi connectivity index (χ1v) is 10.1. The highest BCUT2D eigenvalue weighted by molar-refractivity contribution is 7.89. The van der Waals surface area contributed by atoms with Gasteiger partial charge in [0.15, 0.2) is 0 Å². The van der Waals surface area contributed by atoms with Crippen LogP contribution < -0.4 is 5.32 Å². The van der Waals surface area contributed by atoms with Gasteiger partial charge in [-0.2, -0.15) is 4.31 Å². The summed E-state index contributed by atoms with van der Waals surface area (Å²) in [6.07, 6.45) is 4.95. The second-order valence-electron chi connectivity index (χ2n) is 6.38. The Morgan fingerprint density at radius 2 is 1.81 bits per heavy atom. The molecule has 0 atom stereocenters. The molecule has 0 saturated carbocycles. The Bertz CT molecular complexity index is 930. The Balaban J connectivity index is 1.71. The van der Waals surface area contributed by atoms with Gasteiger partial charge in [0.1, 0.15) is 0 Å². The number of carbonyl (C=O) groups excluding carboxylic acids is 1. The Morgan fingerprint density at radius 3 is 2.54 bits per heavy atom. The van der Waals surface area contributed by atoms with Crippen LogP contribution in [-0.2, 0) is 14.8 Å². The first kappa shape index (κ1) is 18.4. The zero-order valence-corrected chi connectivity index (χ0v) is 15.5. The largest absolute Gasteiger partial charge is 0.322 e. The number of hydrogen-bond acceptors (Lipinski definition) is 3. The van der Waals surface area contributed by atoms with E-state index in [0.717, 1.165) is 24.0 Å². The molecule has 6 heteroatoms. The second-order valence-corrected chi connectivity index (χ2v) is 8.31. The predicted molar refractivity (Wildman–Crippen MR) is 103 cm³/mol. The maximum atomic E-state index is 12.6. The molecule has 0 radical (unpaired) electrons. The number of nitrogens with one attached hydrogen (secondary N) is 1. The summed E-state index contributed by atoms with van der Waals surface area (Å²) in [6, 6.07) is 14.2. The third-order valence-electron chi connectivity index (χ3n) is 4.27. The van der Waals surface area contributed by atoms with Gasteiger partial charge in [-0.25, -0.2) is 8.42 Å². The van der Waals surface area contributed by atoms with Crippen LogP contribution in [0.15, 0.2) is 59.5 Å². The molecule has 1 heterocycles. The molecule has 0 aliphatic carbocycles. The third kappa shape index (κ3) is 4.39. The zero-order chi connectivity index (χ0) is 18.6. The van der Waals surface area contributed by atoms with Crippen molar-refractivity contribution in [1.29, 1.82) is 0 Å². The van der Waals surface area contributed by atoms with Crippen LogP contribution in [0.25, 0.3) is 6.08 Å². The summed E-state index contributed by atoms with van der Waals surface area (Å²) in [5, 5.41) is 2.72. The number of anilines is 1. The predicted octanol–water partition coefficient (Wildman–Crippen LogP) is 3.43. The molecule has 0 spiro atoms. The van der Waals surface area contributed by atoms with Gasteiger partial charge in [0, 0.05) is 24.9 Å². The third-order valence-corrected chi connectivity index (χ3v) is 6.17. The molecular weight excluding hydrogens is 348 g/mol. The average Bonchev–Trinajstić information content (AvgIpc) is 3.16. The van der Waals surface area contributed by atoms with Gasteiger partial charge < -0.3 is 5.32 Å². The van der Waals surface area contributed by atoms with Gasteiger partial charge in [0.05, 0.1) is 4.90 Å². The van der Waals surface area contributed by atoms with Crippen LogP contribution >= 0.6 is 0 Å². The molecule has 1 amide bonds. The van der Waals surface area contributed by atoms with E-state index in [9.17, 15) is 13.2 Å². The molecule has 0 aromatic heterocycles. The van der Waals surface area contributed by atoms with Gasteiger partial charge in [0.25, 0.3) is 0 Å². The summed E-state index contributed by atoms with van der Waals surface area (Å²) in [6.45, 7) is 3.10. The number of hydrogen-bond donors (Lipinski definition) is 1. The first-order valence-electron chi connectivity index (χ1n) is 8.61. The van der Waals surface area contributed by atoms with Gasteiger partial charge in [-0.1, -0.05) is 35.9 Å². The highest BCUT2D eigenvalue weighted by Crippen LogP contribution is 2.23. The molecule has 26 heavy (non-hydrogen) atoms. The number of carbonyl (C=O) groups is 1. The van der Waals surface area contributed by atoms with Crippen molar-refractivity contribution in [3.8, 4) is 0 Å². The summed E-state index contributed by atoms with van der Waals surface area (Å²) in [5.74, 6) is -0.303. The highest BCUT2D eigenvalue weighted by atomic mass is 32.2. The molecule has 0 bridgehead atoms. The molecule has 2 aromatic rings. The van der Waals surface area contributed by atoms with Crippen LogP contribution in [-0.4, -0.2) is 31.7 Å². The number of nitrogens with zero attached hydrogens (tertiary/aromatic N) is 1. The minimum Gasteiger partial charge on any atom is -0.322 e. The number of rotatable bonds is 5. The zero-order valence-electron chi connectivity index (χ0n) is 14.7. The van der Waals surface area contributed by atoms with Crippen molar-refractivity contribution in [2.45, 2.75) is 24.7 Å². The highest BCUT2D eigenvalue weighted by Gasteiger charge is 2.27. The Morgan fingerprint density at radius 1 is 1.08 bits per heavy atom. The Hall–Kier alpha value is -2.44. The number of aryl methyl sites for hydroxylation is 1. The normalized spacial score (nSPS) is 15.4. The van der Waals surface area contributed by atoms with E-state index in [1.54, 1.807) is 24.3 Å². The molecule has 1 fully saturated rings. The molecule has 1 N–H and O–H groups in total. The van der Waals surface area contributed by atoms with Gasteiger partial charge in [-0.15, -0.1) is 0 Å². The Labute approximate surface area is 154 Å². The summed E-state index contributed by atoms with van der Waals surface area (Å²) in [7, 11) is -3.49. The smallest absolute Gasteiger partial charge is 0.248 e. The van der Waals surface area contributed by atoms with E-state index in [4.69, 9.17) is 0 Å². The fraction of sp³-hybridized carbons (Fsp3) is 0.250. The first-order chi connectivity index (χ1) is 12.4. The van der Waals surface area contributed by atoms with Gasteiger partial charge in [0.2, 0.25) is 15.9 Å². The van der Waals surface area contributed by atoms with Gasteiger partial charge >= 0.3 is 0 Å². The fourth-order valence-electron chi connectivity index (χ4n) is 2.94. The van der Waals surface area contributed by atoms with Crippen LogP contribution in [0.2, 0.25) is 0 Å². The van der Waals surface area contributed by atoms with Crippen LogP contribution in [0.3, 0.4) is 0 Å². The number of sulfonamides is 1. The van der Waals surface area contributed by atoms with Crippen molar-refractivity contribution in [3.05, 3.63) is 65.7 Å². The molecule has 1 aliphatic heterocycles. The second kappa shape index (κ2) is 7.85. The van der Waals surface area contributed by atoms with Crippen molar-refractivity contribution in [2.24, 2.45) is 0 Å². The molecular formula is C20H22N2O3S. The van der Waals surface area contributed by atoms with Crippen LogP contribution in [0.5, 0.6) is 0 Å². The fourth-order valence-corrected chi connectivity index (χ4v) is 4.50. The minimum atomic E-state index is -3.49. The van der Waals surface area contributed by atoms with Crippen LogP contribution in [0.1, 0.15) is 24.0 Å². The lowest BCUT2D eigenvalue weighted by atomic mass is 10.1. The van der Waals surface area contributed by atoms with Crippen molar-refractivity contribution in [3.63, 3.8) is 0 Å². The number of amides is 1. The van der Waals surface area contributed by atoms with Crippen LogP contribution in [0, 0.1) is 6.92 Å². The van der Waals surface area contributed by atoms with Gasteiger partial charge in [-0.05, 0) is 49.6 Å². The molecule has 1 aliphatic rings. The number of benzene rings is 2. The SMILES string of the molecule is Cc1cccc(/C=C/C(=O)Nc2cccc(S(=O)(=O)N3CCCC3)c2)c1. The van der Waals surface area contributed by atoms with E-state index in [0.29, 0.717) is 18.8 Å².